The number of aryl methyl sites for hydroxylation is 1. The molecule has 33 heavy (non-hydrogen) atoms. The highest BCUT2D eigenvalue weighted by molar-refractivity contribution is 6.33. The van der Waals surface area contributed by atoms with Crippen LogP contribution < -0.4 is 4.74 Å². The number of hydrogen-bond acceptors (Lipinski definition) is 4. The predicted octanol–water partition coefficient (Wildman–Crippen LogP) is 4.15. The largest absolute Gasteiger partial charge is 0.497 e. The first-order chi connectivity index (χ1) is 15.9. The summed E-state index contributed by atoms with van der Waals surface area (Å²) in [4.78, 5) is 29.6. The third-order valence-electron chi connectivity index (χ3n) is 5.73. The van der Waals surface area contributed by atoms with Crippen LogP contribution in [0.3, 0.4) is 0 Å². The fourth-order valence-corrected chi connectivity index (χ4v) is 4.41. The maximum Gasteiger partial charge on any atom is 0.259 e. The van der Waals surface area contributed by atoms with Crippen LogP contribution in [0, 0.1) is 6.92 Å². The van der Waals surface area contributed by atoms with Gasteiger partial charge in [0, 0.05) is 36.8 Å². The van der Waals surface area contributed by atoms with Crippen molar-refractivity contribution in [3.8, 4) is 5.75 Å². The van der Waals surface area contributed by atoms with Gasteiger partial charge in [0.25, 0.3) is 11.8 Å². The molecule has 2 amide bonds. The summed E-state index contributed by atoms with van der Waals surface area (Å²) in [6.45, 7) is 3.85. The second-order valence-electron chi connectivity index (χ2n) is 7.82. The van der Waals surface area contributed by atoms with Crippen molar-refractivity contribution in [1.29, 1.82) is 0 Å². The van der Waals surface area contributed by atoms with Gasteiger partial charge in [0.1, 0.15) is 10.9 Å². The van der Waals surface area contributed by atoms with Crippen molar-refractivity contribution in [3.63, 3.8) is 0 Å². The minimum absolute atomic E-state index is 0.0808. The summed E-state index contributed by atoms with van der Waals surface area (Å²) in [5.74, 6) is 0.368. The van der Waals surface area contributed by atoms with Crippen molar-refractivity contribution in [1.82, 2.24) is 19.6 Å². The number of carbonyl (C=O) groups is 2. The summed E-state index contributed by atoms with van der Waals surface area (Å²) >= 11 is 12.8. The van der Waals surface area contributed by atoms with Gasteiger partial charge >= 0.3 is 0 Å². The Morgan fingerprint density at radius 2 is 1.64 bits per heavy atom. The van der Waals surface area contributed by atoms with Gasteiger partial charge in [-0.25, -0.2) is 4.68 Å². The summed E-state index contributed by atoms with van der Waals surface area (Å²) in [6.07, 6.45) is 0. The average Bonchev–Trinajstić information content (AvgIpc) is 3.12. The van der Waals surface area contributed by atoms with Crippen molar-refractivity contribution < 1.29 is 14.3 Å². The molecule has 0 saturated carbocycles. The highest BCUT2D eigenvalue weighted by atomic mass is 35.5. The van der Waals surface area contributed by atoms with E-state index >= 15 is 0 Å². The van der Waals surface area contributed by atoms with Gasteiger partial charge in [-0.1, -0.05) is 47.5 Å². The van der Waals surface area contributed by atoms with Crippen LogP contribution in [0.4, 0.5) is 0 Å². The van der Waals surface area contributed by atoms with E-state index in [-0.39, 0.29) is 17.0 Å². The first-order valence-electron chi connectivity index (χ1n) is 10.6. The van der Waals surface area contributed by atoms with Gasteiger partial charge in [-0.15, -0.1) is 0 Å². The molecule has 0 N–H and O–H groups in total. The molecule has 4 rings (SSSR count). The molecule has 1 aliphatic heterocycles. The number of amides is 2. The van der Waals surface area contributed by atoms with Gasteiger partial charge < -0.3 is 14.5 Å². The van der Waals surface area contributed by atoms with Crippen LogP contribution in [0.1, 0.15) is 32.0 Å². The molecular weight excluding hydrogens is 463 g/mol. The molecule has 2 heterocycles. The Bertz CT molecular complexity index is 1190. The van der Waals surface area contributed by atoms with Crippen LogP contribution in [0.2, 0.25) is 10.2 Å². The van der Waals surface area contributed by atoms with E-state index in [9.17, 15) is 9.59 Å². The van der Waals surface area contributed by atoms with Gasteiger partial charge in [-0.3, -0.25) is 9.59 Å². The minimum atomic E-state index is -0.184. The molecule has 7 nitrogen and oxygen atoms in total. The van der Waals surface area contributed by atoms with Crippen molar-refractivity contribution in [2.75, 3.05) is 33.3 Å². The summed E-state index contributed by atoms with van der Waals surface area (Å²) in [6, 6.07) is 14.5. The molecule has 1 aromatic heterocycles. The van der Waals surface area contributed by atoms with Crippen LogP contribution in [-0.4, -0.2) is 64.7 Å². The lowest BCUT2D eigenvalue weighted by atomic mass is 10.1. The molecule has 0 atom stereocenters. The first kappa shape index (κ1) is 23.1. The van der Waals surface area contributed by atoms with E-state index in [1.165, 1.54) is 0 Å². The van der Waals surface area contributed by atoms with E-state index in [2.05, 4.69) is 5.10 Å². The number of hydrogen-bond donors (Lipinski definition) is 0. The third-order valence-corrected chi connectivity index (χ3v) is 6.48. The number of piperazine rings is 1. The standard InChI is InChI=1S/C24H24Cl2N4O3/c1-16-21(22(26)30(27-16)15-18-6-3-4-9-20(18)25)24(32)29-12-10-28(11-13-29)23(31)17-7-5-8-19(14-17)33-2/h3-9,14H,10-13,15H2,1-2H3. The van der Waals surface area contributed by atoms with Crippen molar-refractivity contribution in [2.24, 2.45) is 0 Å². The molecule has 0 aliphatic carbocycles. The van der Waals surface area contributed by atoms with Gasteiger partial charge in [0.2, 0.25) is 0 Å². The third kappa shape index (κ3) is 4.84. The zero-order valence-electron chi connectivity index (χ0n) is 18.4. The Morgan fingerprint density at radius 1 is 0.970 bits per heavy atom. The van der Waals surface area contributed by atoms with E-state index in [1.807, 2.05) is 18.2 Å². The number of nitrogens with zero attached hydrogens (tertiary/aromatic N) is 4. The number of aromatic nitrogens is 2. The molecular formula is C24H24Cl2N4O3. The van der Waals surface area contributed by atoms with Gasteiger partial charge in [-0.05, 0) is 36.8 Å². The summed E-state index contributed by atoms with van der Waals surface area (Å²) in [5.41, 5.74) is 2.38. The maximum absolute atomic E-state index is 13.2. The fourth-order valence-electron chi connectivity index (χ4n) is 3.90. The lowest BCUT2D eigenvalue weighted by Gasteiger charge is -2.34. The minimum Gasteiger partial charge on any atom is -0.497 e. The Hall–Kier alpha value is -3.03. The smallest absolute Gasteiger partial charge is 0.259 e. The van der Waals surface area contributed by atoms with Crippen molar-refractivity contribution >= 4 is 35.0 Å². The number of rotatable bonds is 5. The lowest BCUT2D eigenvalue weighted by molar-refractivity contribution is 0.0535. The highest BCUT2D eigenvalue weighted by Crippen LogP contribution is 2.25. The highest BCUT2D eigenvalue weighted by Gasteiger charge is 2.29. The molecule has 0 bridgehead atoms. The molecule has 1 saturated heterocycles. The molecule has 1 fully saturated rings. The number of carbonyl (C=O) groups excluding carboxylic acids is 2. The Labute approximate surface area is 202 Å². The summed E-state index contributed by atoms with van der Waals surface area (Å²) in [5, 5.41) is 5.37. The average molecular weight is 487 g/mol. The quantitative estimate of drug-likeness (QED) is 0.543. The zero-order valence-corrected chi connectivity index (χ0v) is 19.9. The molecule has 0 unspecified atom stereocenters. The van der Waals surface area contributed by atoms with Crippen LogP contribution >= 0.6 is 23.2 Å². The summed E-state index contributed by atoms with van der Waals surface area (Å²) < 4.78 is 6.80. The van der Waals surface area contributed by atoms with E-state index in [4.69, 9.17) is 27.9 Å². The van der Waals surface area contributed by atoms with Crippen LogP contribution in [-0.2, 0) is 6.54 Å². The van der Waals surface area contributed by atoms with Gasteiger partial charge in [0.15, 0.2) is 0 Å². The van der Waals surface area contributed by atoms with E-state index in [1.54, 1.807) is 58.8 Å². The number of methoxy groups -OCH3 is 1. The number of benzene rings is 2. The van der Waals surface area contributed by atoms with E-state index < -0.39 is 0 Å². The van der Waals surface area contributed by atoms with Crippen LogP contribution in [0.25, 0.3) is 0 Å². The lowest BCUT2D eigenvalue weighted by Crippen LogP contribution is -2.50. The zero-order chi connectivity index (χ0) is 23.5. The molecule has 2 aromatic carbocycles. The van der Waals surface area contributed by atoms with E-state index in [0.717, 1.165) is 5.56 Å². The topological polar surface area (TPSA) is 67.7 Å². The monoisotopic (exact) mass is 486 g/mol. The Balaban J connectivity index is 1.44. The second-order valence-corrected chi connectivity index (χ2v) is 8.58. The molecule has 172 valence electrons. The van der Waals surface area contributed by atoms with E-state index in [0.29, 0.717) is 60.3 Å². The molecule has 0 radical (unpaired) electrons. The Kier molecular flexibility index (Phi) is 6.91. The van der Waals surface area contributed by atoms with Gasteiger partial charge in [0.05, 0.1) is 24.9 Å². The van der Waals surface area contributed by atoms with Crippen LogP contribution in [0.5, 0.6) is 5.75 Å². The predicted molar refractivity (Wildman–Crippen MR) is 127 cm³/mol. The van der Waals surface area contributed by atoms with Crippen LogP contribution in [0.15, 0.2) is 48.5 Å². The molecule has 0 spiro atoms. The maximum atomic E-state index is 13.2. The van der Waals surface area contributed by atoms with Gasteiger partial charge in [-0.2, -0.15) is 5.10 Å². The fraction of sp³-hybridized carbons (Fsp3) is 0.292. The van der Waals surface area contributed by atoms with Crippen molar-refractivity contribution in [3.05, 3.63) is 81.1 Å². The number of ether oxygens (including phenoxy) is 1. The Morgan fingerprint density at radius 3 is 2.30 bits per heavy atom. The summed E-state index contributed by atoms with van der Waals surface area (Å²) in [7, 11) is 1.57. The number of halogens is 2. The molecule has 9 heteroatoms. The SMILES string of the molecule is COc1cccc(C(=O)N2CCN(C(=O)c3c(C)nn(Cc4ccccc4Cl)c3Cl)CC2)c1. The second kappa shape index (κ2) is 9.85. The van der Waals surface area contributed by atoms with Crippen molar-refractivity contribution in [2.45, 2.75) is 13.5 Å². The molecule has 3 aromatic rings. The normalized spacial score (nSPS) is 13.8. The first-order valence-corrected chi connectivity index (χ1v) is 11.3. The molecule has 1 aliphatic rings.